The minimum absolute atomic E-state index is 0.187. The Morgan fingerprint density at radius 2 is 1.26 bits per heavy atom. The first-order valence-corrected chi connectivity index (χ1v) is 12.2. The summed E-state index contributed by atoms with van der Waals surface area (Å²) in [7, 11) is 1.35. The number of nitrogens with zero attached hydrogens (tertiary/aromatic N) is 3. The lowest BCUT2D eigenvalue weighted by molar-refractivity contribution is 0.0600. The standard InChI is InChI=1S/C32H25N3O3/c1-38-31(36)28-17-9-12-25(19-28)22-35-30(27-15-6-3-7-16-27)29(26-13-4-2-5-14-26)34(32(35)37)21-24-11-8-10-23(18-24)20-33/h2-19H,21-22H2,1H3. The molecule has 38 heavy (non-hydrogen) atoms. The zero-order valence-electron chi connectivity index (χ0n) is 20.9. The van der Waals surface area contributed by atoms with Crippen molar-refractivity contribution in [2.45, 2.75) is 13.1 Å². The number of carbonyl (C=O) groups is 1. The normalized spacial score (nSPS) is 10.6. The van der Waals surface area contributed by atoms with E-state index in [1.54, 1.807) is 39.5 Å². The van der Waals surface area contributed by atoms with Crippen molar-refractivity contribution in [2.24, 2.45) is 0 Å². The molecule has 6 heteroatoms. The van der Waals surface area contributed by atoms with E-state index in [-0.39, 0.29) is 12.2 Å². The van der Waals surface area contributed by atoms with Crippen LogP contribution in [0.3, 0.4) is 0 Å². The summed E-state index contributed by atoms with van der Waals surface area (Å²) in [6, 6.07) is 36.3. The van der Waals surface area contributed by atoms with Crippen molar-refractivity contribution in [3.05, 3.63) is 142 Å². The second-order valence-corrected chi connectivity index (χ2v) is 8.89. The molecule has 5 aromatic rings. The first kappa shape index (κ1) is 24.5. The lowest BCUT2D eigenvalue weighted by atomic mass is 10.0. The van der Waals surface area contributed by atoms with Crippen molar-refractivity contribution in [2.75, 3.05) is 7.11 Å². The van der Waals surface area contributed by atoms with Gasteiger partial charge in [0.05, 0.1) is 48.8 Å². The molecule has 0 fully saturated rings. The van der Waals surface area contributed by atoms with Crippen LogP contribution in [0.25, 0.3) is 22.5 Å². The largest absolute Gasteiger partial charge is 0.465 e. The van der Waals surface area contributed by atoms with Crippen molar-refractivity contribution in [1.82, 2.24) is 9.13 Å². The van der Waals surface area contributed by atoms with Crippen molar-refractivity contribution in [3.8, 4) is 28.6 Å². The molecule has 1 heterocycles. The molecule has 0 N–H and O–H groups in total. The maximum absolute atomic E-state index is 14.2. The molecule has 1 aromatic heterocycles. The molecular formula is C32H25N3O3. The third kappa shape index (κ3) is 4.91. The van der Waals surface area contributed by atoms with Gasteiger partial charge in [0.1, 0.15) is 0 Å². The number of benzene rings is 4. The highest BCUT2D eigenvalue weighted by Crippen LogP contribution is 2.33. The molecule has 0 amide bonds. The quantitative estimate of drug-likeness (QED) is 0.268. The molecule has 0 atom stereocenters. The molecule has 6 nitrogen and oxygen atoms in total. The Hall–Kier alpha value is -5.15. The Morgan fingerprint density at radius 1 is 0.737 bits per heavy atom. The van der Waals surface area contributed by atoms with Crippen LogP contribution in [0, 0.1) is 11.3 Å². The Bertz CT molecular complexity index is 1690. The fourth-order valence-electron chi connectivity index (χ4n) is 4.68. The van der Waals surface area contributed by atoms with Crippen LogP contribution < -0.4 is 5.69 Å². The van der Waals surface area contributed by atoms with Crippen LogP contribution >= 0.6 is 0 Å². The number of rotatable bonds is 7. The van der Waals surface area contributed by atoms with Gasteiger partial charge < -0.3 is 4.74 Å². The fraction of sp³-hybridized carbons (Fsp3) is 0.0938. The maximum Gasteiger partial charge on any atom is 0.337 e. The van der Waals surface area contributed by atoms with Gasteiger partial charge in [-0.3, -0.25) is 9.13 Å². The van der Waals surface area contributed by atoms with Crippen LogP contribution in [0.2, 0.25) is 0 Å². The van der Waals surface area contributed by atoms with E-state index in [4.69, 9.17) is 4.74 Å². The predicted molar refractivity (Wildman–Crippen MR) is 147 cm³/mol. The third-order valence-electron chi connectivity index (χ3n) is 6.41. The molecule has 0 radical (unpaired) electrons. The van der Waals surface area contributed by atoms with Crippen molar-refractivity contribution in [1.29, 1.82) is 5.26 Å². The number of imidazole rings is 1. The van der Waals surface area contributed by atoms with Gasteiger partial charge >= 0.3 is 11.7 Å². The predicted octanol–water partition coefficient (Wildman–Crippen LogP) is 5.74. The second-order valence-electron chi connectivity index (χ2n) is 8.89. The van der Waals surface area contributed by atoms with Gasteiger partial charge in [0.25, 0.3) is 0 Å². The summed E-state index contributed by atoms with van der Waals surface area (Å²) < 4.78 is 8.40. The molecule has 4 aromatic carbocycles. The van der Waals surface area contributed by atoms with Crippen LogP contribution in [0.15, 0.2) is 114 Å². The van der Waals surface area contributed by atoms with Gasteiger partial charge in [-0.1, -0.05) is 84.9 Å². The van der Waals surface area contributed by atoms with Gasteiger partial charge in [0.2, 0.25) is 0 Å². The van der Waals surface area contributed by atoms with Crippen molar-refractivity contribution < 1.29 is 9.53 Å². The Labute approximate surface area is 220 Å². The molecule has 0 saturated carbocycles. The van der Waals surface area contributed by atoms with E-state index in [9.17, 15) is 14.9 Å². The zero-order valence-corrected chi connectivity index (χ0v) is 20.9. The highest BCUT2D eigenvalue weighted by Gasteiger charge is 2.23. The van der Waals surface area contributed by atoms with E-state index in [2.05, 4.69) is 6.07 Å². The van der Waals surface area contributed by atoms with Crippen LogP contribution in [0.4, 0.5) is 0 Å². The number of carbonyl (C=O) groups excluding carboxylic acids is 1. The van der Waals surface area contributed by atoms with E-state index < -0.39 is 5.97 Å². The minimum Gasteiger partial charge on any atom is -0.465 e. The number of nitriles is 1. The number of ether oxygens (including phenoxy) is 1. The van der Waals surface area contributed by atoms with Crippen molar-refractivity contribution in [3.63, 3.8) is 0 Å². The number of methoxy groups -OCH3 is 1. The molecule has 186 valence electrons. The van der Waals surface area contributed by atoms with Gasteiger partial charge in [-0.25, -0.2) is 9.59 Å². The molecule has 0 bridgehead atoms. The average molecular weight is 500 g/mol. The summed E-state index contributed by atoms with van der Waals surface area (Å²) >= 11 is 0. The third-order valence-corrected chi connectivity index (χ3v) is 6.41. The monoisotopic (exact) mass is 499 g/mol. The summed E-state index contributed by atoms with van der Waals surface area (Å²) in [5.41, 5.74) is 5.81. The molecule has 0 aliphatic rings. The zero-order chi connectivity index (χ0) is 26.5. The fourth-order valence-corrected chi connectivity index (χ4v) is 4.68. The Kier molecular flexibility index (Phi) is 7.01. The highest BCUT2D eigenvalue weighted by molar-refractivity contribution is 5.89. The topological polar surface area (TPSA) is 77.0 Å². The summed E-state index contributed by atoms with van der Waals surface area (Å²) in [5.74, 6) is -0.428. The van der Waals surface area contributed by atoms with Crippen LogP contribution in [0.5, 0.6) is 0 Å². The van der Waals surface area contributed by atoms with E-state index in [0.717, 1.165) is 33.6 Å². The number of esters is 1. The SMILES string of the molecule is COC(=O)c1cccc(Cn2c(-c3ccccc3)c(-c3ccccc3)n(Cc3cccc(C#N)c3)c2=O)c1. The van der Waals surface area contributed by atoms with Gasteiger partial charge in [-0.15, -0.1) is 0 Å². The molecule has 0 aliphatic heterocycles. The summed E-state index contributed by atoms with van der Waals surface area (Å²) in [4.78, 5) is 26.3. The average Bonchev–Trinajstić information content (AvgIpc) is 3.24. The first-order chi connectivity index (χ1) is 18.6. The second kappa shape index (κ2) is 10.9. The van der Waals surface area contributed by atoms with Gasteiger partial charge in [-0.05, 0) is 35.4 Å². The maximum atomic E-state index is 14.2. The highest BCUT2D eigenvalue weighted by atomic mass is 16.5. The Morgan fingerprint density at radius 3 is 1.79 bits per heavy atom. The smallest absolute Gasteiger partial charge is 0.337 e. The van der Waals surface area contributed by atoms with Crippen LogP contribution in [0.1, 0.15) is 27.0 Å². The summed E-state index contributed by atoms with van der Waals surface area (Å²) in [6.45, 7) is 0.562. The molecule has 5 rings (SSSR count). The van der Waals surface area contributed by atoms with Gasteiger partial charge in [-0.2, -0.15) is 5.26 Å². The lowest BCUT2D eigenvalue weighted by Crippen LogP contribution is -2.26. The lowest BCUT2D eigenvalue weighted by Gasteiger charge is -2.12. The minimum atomic E-state index is -0.428. The van der Waals surface area contributed by atoms with E-state index in [0.29, 0.717) is 17.7 Å². The number of aromatic nitrogens is 2. The van der Waals surface area contributed by atoms with Crippen molar-refractivity contribution >= 4 is 5.97 Å². The molecule has 0 saturated heterocycles. The summed E-state index contributed by atoms with van der Waals surface area (Å²) in [6.07, 6.45) is 0. The van der Waals surface area contributed by atoms with Crippen LogP contribution in [-0.4, -0.2) is 22.2 Å². The number of hydrogen-bond acceptors (Lipinski definition) is 4. The van der Waals surface area contributed by atoms with Gasteiger partial charge in [0.15, 0.2) is 0 Å². The first-order valence-electron chi connectivity index (χ1n) is 12.2. The molecular weight excluding hydrogens is 474 g/mol. The van der Waals surface area contributed by atoms with Crippen LogP contribution in [-0.2, 0) is 17.8 Å². The molecule has 0 spiro atoms. The summed E-state index contributed by atoms with van der Waals surface area (Å²) in [5, 5.41) is 9.40. The molecule has 0 unspecified atom stereocenters. The Balaban J connectivity index is 1.75. The van der Waals surface area contributed by atoms with E-state index >= 15 is 0 Å². The van der Waals surface area contributed by atoms with Gasteiger partial charge in [0, 0.05) is 11.1 Å². The van der Waals surface area contributed by atoms with E-state index in [1.165, 1.54) is 7.11 Å². The van der Waals surface area contributed by atoms with E-state index in [1.807, 2.05) is 78.9 Å². The number of hydrogen-bond donors (Lipinski definition) is 0. The molecule has 0 aliphatic carbocycles.